The Hall–Kier alpha value is -9.77. The molecule has 0 fully saturated rings. The Labute approximate surface area is 890 Å². The minimum absolute atomic E-state index is 0.0121. The Morgan fingerprint density at radius 1 is 0.377 bits per heavy atom. The van der Waals surface area contributed by atoms with Crippen LogP contribution in [-0.4, -0.2) is 124 Å². The maximum absolute atomic E-state index is 13.2. The summed E-state index contributed by atoms with van der Waals surface area (Å²) in [5.74, 6) is 2.06. The monoisotopic (exact) mass is 2300 g/mol. The zero-order chi connectivity index (χ0) is 108. The second kappa shape index (κ2) is 54.1. The molecule has 0 saturated carbocycles. The summed E-state index contributed by atoms with van der Waals surface area (Å²) in [6.45, 7) is 29.0. The first kappa shape index (κ1) is 120. The van der Waals surface area contributed by atoms with Gasteiger partial charge >= 0.3 is 5.97 Å². The van der Waals surface area contributed by atoms with E-state index in [0.717, 1.165) is 78.9 Å². The summed E-state index contributed by atoms with van der Waals surface area (Å²) < 4.78 is 122. The summed E-state index contributed by atoms with van der Waals surface area (Å²) in [7, 11) is -14.7. The fraction of sp³-hybridized carbons (Fsp3) is 0.288. The molecule has 13 aromatic rings. The van der Waals surface area contributed by atoms with Crippen molar-refractivity contribution in [3.8, 4) is 51.7 Å². The Morgan fingerprint density at radius 2 is 0.699 bits per heavy atom. The summed E-state index contributed by atoms with van der Waals surface area (Å²) in [6, 6.07) is 63.1. The number of halogens is 9. The van der Waals surface area contributed by atoms with Gasteiger partial charge in [0.2, 0.25) is 22.1 Å². The van der Waals surface area contributed by atoms with E-state index in [1.807, 2.05) is 89.6 Å². The van der Waals surface area contributed by atoms with Crippen LogP contribution in [0.4, 0.5) is 24.5 Å². The molecule has 0 aliphatic carbocycles. The third-order valence-corrected chi connectivity index (χ3v) is 30.2. The van der Waals surface area contributed by atoms with E-state index >= 15 is 0 Å². The van der Waals surface area contributed by atoms with E-state index in [4.69, 9.17) is 65.4 Å². The average Bonchev–Trinajstić information content (AvgIpc) is 0.823. The standard InChI is InChI=1S/C27H29Cl2FNO5P.C24H27FNO3P.C22H20Cl2FO4P.C21H29O2P.C17H20Br2NO4P/c1-4-35-27(33)17(2)31-37(3,34)16-36-22-14-24(28)23(25(29)15-22)13-19-7-10-26(32)20(12-19)11-18-5-8-21(30)9-6-18;1-16-10-22(26-15-30(3,28)29)11-17(2)23(16)14-19-6-9-24(27)20(13-19)12-18-4-7-21(25)8-5-18;1-30(27,28)13-29-18-11-20(23)19(21(24)12-18)10-15-4-7-22(26)16(9-15)8-14-2-5-17(25)6-3-14;1-14(2)19-11-17(7-8-21(19)22)12-20-15(3)9-18(10-16(20)4)13-24(5,6)23;1-10(2)13-8-12(4-5-16(13)21)24-17-14(18)6-11(7-15(17)19)20-9-25(3,22)23/h5-10,12,14-15,17,32H,4,11,13,16H2,1-3H3,(H,31,34);4-11,13,26-27H,12,14-15H2,1-3H3,(H,28,29);2-7,9,11-12,26H,8,10,13H2,1H3,(H,27,28);7-11,14,22H,12-13H2,1-6H3;4-8,10,20-21H,9H2,1-3H3,(H,22,23)/t17-,37?;;;;/m1..../s1. The van der Waals surface area contributed by atoms with Gasteiger partial charge in [0.15, 0.2) is 25.7 Å². The van der Waals surface area contributed by atoms with E-state index in [1.165, 1.54) is 90.9 Å². The minimum Gasteiger partial charge on any atom is -0.508 e. The summed E-state index contributed by atoms with van der Waals surface area (Å²) in [4.78, 5) is 40.0. The number of carbonyl (C=O) groups is 1. The van der Waals surface area contributed by atoms with Crippen molar-refractivity contribution in [3.05, 3.63) is 388 Å². The van der Waals surface area contributed by atoms with Crippen LogP contribution < -0.4 is 29.9 Å². The molecule has 0 aromatic heterocycles. The molecule has 11 N–H and O–H groups in total. The molecule has 0 radical (unpaired) electrons. The minimum atomic E-state index is -3.32. The lowest BCUT2D eigenvalue weighted by Crippen LogP contribution is -2.34. The number of nitrogens with one attached hydrogen (secondary N) is 3. The lowest BCUT2D eigenvalue weighted by atomic mass is 9.92. The van der Waals surface area contributed by atoms with E-state index in [0.29, 0.717) is 136 Å². The van der Waals surface area contributed by atoms with Crippen LogP contribution in [0.25, 0.3) is 0 Å². The quantitative estimate of drug-likeness (QED) is 0.0128. The van der Waals surface area contributed by atoms with Crippen molar-refractivity contribution in [3.63, 3.8) is 0 Å². The van der Waals surface area contributed by atoms with Crippen LogP contribution in [0, 0.1) is 45.1 Å². The number of hydrogen-bond acceptors (Lipinski definition) is 17. The van der Waals surface area contributed by atoms with E-state index < -0.39 is 48.6 Å². The molecule has 0 spiro atoms. The summed E-state index contributed by atoms with van der Waals surface area (Å²) in [6.07, 6.45) is 3.98. The molecular formula is C111H125Br2Cl4F3N3O18P5. The van der Waals surface area contributed by atoms with Gasteiger partial charge in [-0.05, 0) is 350 Å². The highest BCUT2D eigenvalue weighted by Crippen LogP contribution is 2.47. The fourth-order valence-corrected chi connectivity index (χ4v) is 22.0. The molecule has 4 unspecified atom stereocenters. The smallest absolute Gasteiger partial charge is 0.323 e. The number of esters is 1. The van der Waals surface area contributed by atoms with Gasteiger partial charge in [-0.3, -0.25) is 23.6 Å². The van der Waals surface area contributed by atoms with Gasteiger partial charge in [0.05, 0.1) is 35.3 Å². The highest BCUT2D eigenvalue weighted by atomic mass is 79.9. The van der Waals surface area contributed by atoms with Crippen LogP contribution in [-0.2, 0) is 83.5 Å². The highest BCUT2D eigenvalue weighted by molar-refractivity contribution is 9.11. The van der Waals surface area contributed by atoms with Crippen molar-refractivity contribution < 1.29 is 100.0 Å². The number of aryl methyl sites for hydroxylation is 4. The van der Waals surface area contributed by atoms with E-state index in [-0.39, 0.29) is 78.2 Å². The number of phenolic OH excluding ortho intramolecular Hbond substituents is 5. The molecular weight excluding hydrogens is 2180 g/mol. The Morgan fingerprint density at radius 3 is 1.05 bits per heavy atom. The maximum atomic E-state index is 13.2. The molecule has 13 aromatic carbocycles. The lowest BCUT2D eigenvalue weighted by Gasteiger charge is -2.20. The zero-order valence-electron chi connectivity index (χ0n) is 84.1. The molecule has 0 heterocycles. The van der Waals surface area contributed by atoms with E-state index in [2.05, 4.69) is 93.5 Å². The van der Waals surface area contributed by atoms with Gasteiger partial charge in [-0.25, -0.2) is 13.2 Å². The molecule has 780 valence electrons. The van der Waals surface area contributed by atoms with Crippen LogP contribution in [0.1, 0.15) is 170 Å². The van der Waals surface area contributed by atoms with Gasteiger partial charge in [0.25, 0.3) is 0 Å². The van der Waals surface area contributed by atoms with Crippen molar-refractivity contribution in [1.82, 2.24) is 5.09 Å². The van der Waals surface area contributed by atoms with Gasteiger partial charge in [0, 0.05) is 102 Å². The topological polar surface area (TPSA) is 337 Å². The first-order valence-corrected chi connectivity index (χ1v) is 61.7. The molecule has 0 aliphatic heterocycles. The first-order chi connectivity index (χ1) is 68.3. The molecule has 21 nitrogen and oxygen atoms in total. The van der Waals surface area contributed by atoms with E-state index in [9.17, 15) is 81.0 Å². The Balaban J connectivity index is 0.000000205. The van der Waals surface area contributed by atoms with Crippen LogP contribution in [0.5, 0.6) is 51.7 Å². The van der Waals surface area contributed by atoms with Gasteiger partial charge in [-0.15, -0.1) is 0 Å². The Bertz CT molecular complexity index is 6720. The normalized spacial score (nSPS) is 13.1. The number of rotatable bonds is 36. The molecule has 13 rings (SSSR count). The predicted molar refractivity (Wildman–Crippen MR) is 595 cm³/mol. The molecule has 5 atom stereocenters. The highest BCUT2D eigenvalue weighted by Gasteiger charge is 2.27. The largest absolute Gasteiger partial charge is 0.508 e. The second-order valence-electron chi connectivity index (χ2n) is 37.6. The molecule has 0 amide bonds. The number of aromatic hydroxyl groups is 5. The molecule has 0 bridgehead atoms. The lowest BCUT2D eigenvalue weighted by molar-refractivity contribution is -0.144. The van der Waals surface area contributed by atoms with Crippen molar-refractivity contribution in [2.75, 3.05) is 82.5 Å². The van der Waals surface area contributed by atoms with Crippen molar-refractivity contribution >= 4 is 132 Å². The van der Waals surface area contributed by atoms with Crippen LogP contribution in [0.15, 0.2) is 233 Å². The summed E-state index contributed by atoms with van der Waals surface area (Å²) in [5.41, 5.74) is 21.9. The van der Waals surface area contributed by atoms with Crippen molar-refractivity contribution in [2.45, 2.75) is 138 Å². The number of anilines is 2. The van der Waals surface area contributed by atoms with Gasteiger partial charge in [-0.1, -0.05) is 171 Å². The molecule has 146 heavy (non-hydrogen) atoms. The molecule has 0 saturated heterocycles. The van der Waals surface area contributed by atoms with Crippen molar-refractivity contribution in [1.29, 1.82) is 0 Å². The maximum Gasteiger partial charge on any atom is 0.323 e. The second-order valence-corrected chi connectivity index (χ2v) is 54.3. The van der Waals surface area contributed by atoms with Crippen molar-refractivity contribution in [2.24, 2.45) is 0 Å². The third-order valence-electron chi connectivity index (χ3n) is 22.9. The van der Waals surface area contributed by atoms with E-state index in [1.54, 1.807) is 135 Å². The number of ether oxygens (including phenoxy) is 4. The van der Waals surface area contributed by atoms with Gasteiger partial charge < -0.3 is 78.9 Å². The van der Waals surface area contributed by atoms with Gasteiger partial charge in [-0.2, -0.15) is 0 Å². The average molecular weight is 2300 g/mol. The third kappa shape index (κ3) is 39.3. The SMILES string of the molecule is CC(C)c1cc(Oc2c(Br)cc(NCP(C)(=O)O)cc2Br)ccc1O.CCOC(=O)[C@@H](C)NP(C)(=O)COc1cc(Cl)c(Cc2ccc(O)c(Cc3ccc(F)cc3)c2)c(Cl)c1.CP(=O)(O)COc1cc(Cl)c(Cc2ccc(O)c(Cc3ccc(F)cc3)c2)c(Cl)c1.Cc1cc(CP(C)(C)=O)cc(C)c1Cc1ccc(O)c(C(C)C)c1.Cc1cc(NCP(C)(=O)O)cc(C)c1Cc1ccc(O)c(Cc2ccc(F)cc2)c1. The first-order valence-electron chi connectivity index (χ1n) is 46.6. The van der Waals surface area contributed by atoms with Crippen LogP contribution >= 0.6 is 115 Å². The fourth-order valence-electron chi connectivity index (χ4n) is 15.6. The van der Waals surface area contributed by atoms with Crippen LogP contribution in [0.2, 0.25) is 20.1 Å². The zero-order valence-corrected chi connectivity index (χ0v) is 94.8. The predicted octanol–water partition coefficient (Wildman–Crippen LogP) is 30.6. The number of hydrogen-bond donors (Lipinski definition) is 11. The molecule has 35 heteroatoms. The van der Waals surface area contributed by atoms with Gasteiger partial charge in [0.1, 0.15) is 69.5 Å². The summed E-state index contributed by atoms with van der Waals surface area (Å²) in [5, 5.41) is 60.9. The number of carbonyl (C=O) groups excluding carboxylic acids is 1. The summed E-state index contributed by atoms with van der Waals surface area (Å²) >= 11 is 32.7. The number of benzene rings is 13. The Kier molecular flexibility index (Phi) is 44.4. The molecule has 0 aliphatic rings. The van der Waals surface area contributed by atoms with Crippen LogP contribution in [0.3, 0.4) is 0 Å². The number of phenols is 5.